The number of unbranched alkanes of at least 4 members (excludes halogenated alkanes) is 2. The highest BCUT2D eigenvalue weighted by Gasteiger charge is 2.38. The van der Waals surface area contributed by atoms with E-state index in [0.29, 0.717) is 31.1 Å². The number of benzene rings is 1. The maximum Gasteiger partial charge on any atom is 0.490 e. The highest BCUT2D eigenvalue weighted by molar-refractivity contribution is 5.92. The number of carboxylic acids is 1. The first kappa shape index (κ1) is 31.0. The first-order valence-electron chi connectivity index (χ1n) is 11.2. The number of hydrogen-bond acceptors (Lipinski definition) is 7. The molecule has 10 nitrogen and oxygen atoms in total. The first-order valence-corrected chi connectivity index (χ1v) is 11.2. The fourth-order valence-corrected chi connectivity index (χ4v) is 2.85. The Balaban J connectivity index is 0.000000856. The van der Waals surface area contributed by atoms with Crippen molar-refractivity contribution in [3.05, 3.63) is 48.2 Å². The molecule has 202 valence electrons. The summed E-state index contributed by atoms with van der Waals surface area (Å²) in [5.41, 5.74) is 9.02. The summed E-state index contributed by atoms with van der Waals surface area (Å²) < 4.78 is 45.1. The molecule has 0 aliphatic carbocycles. The Morgan fingerprint density at radius 1 is 1.16 bits per heavy atom. The van der Waals surface area contributed by atoms with E-state index in [4.69, 9.17) is 20.9 Å². The van der Waals surface area contributed by atoms with Gasteiger partial charge in [-0.05, 0) is 49.6 Å². The van der Waals surface area contributed by atoms with E-state index in [9.17, 15) is 22.4 Å². The molecular formula is C23H29F4N7O3. The van der Waals surface area contributed by atoms with Gasteiger partial charge in [0.05, 0.1) is 0 Å². The van der Waals surface area contributed by atoms with Crippen LogP contribution in [0.3, 0.4) is 0 Å². The van der Waals surface area contributed by atoms with Gasteiger partial charge < -0.3 is 10.8 Å². The smallest absolute Gasteiger partial charge is 0.475 e. The lowest BCUT2D eigenvalue weighted by Crippen LogP contribution is -2.51. The molecule has 0 saturated heterocycles. The summed E-state index contributed by atoms with van der Waals surface area (Å²) in [6.45, 7) is 5.56. The van der Waals surface area contributed by atoms with Gasteiger partial charge >= 0.3 is 18.2 Å². The van der Waals surface area contributed by atoms with Crippen molar-refractivity contribution in [3.8, 4) is 6.07 Å². The van der Waals surface area contributed by atoms with Crippen LogP contribution in [0.1, 0.15) is 38.9 Å². The third kappa shape index (κ3) is 11.5. The number of halogens is 4. The molecule has 2 rings (SSSR count). The number of aromatic nitrogens is 2. The molecule has 0 aliphatic rings. The fraction of sp³-hybridized carbons (Fsp3) is 0.435. The molecule has 0 bridgehead atoms. The predicted molar refractivity (Wildman–Crippen MR) is 128 cm³/mol. The summed E-state index contributed by atoms with van der Waals surface area (Å²) in [5.74, 6) is -2.46. The Bertz CT molecular complexity index is 1040. The predicted octanol–water partition coefficient (Wildman–Crippen LogP) is 3.84. The molecular weight excluding hydrogens is 498 g/mol. The van der Waals surface area contributed by atoms with Crippen LogP contribution in [0, 0.1) is 23.1 Å². The summed E-state index contributed by atoms with van der Waals surface area (Å²) in [6.07, 6.45) is -1.09. The van der Waals surface area contributed by atoms with Crippen molar-refractivity contribution in [3.63, 3.8) is 0 Å². The Morgan fingerprint density at radius 3 is 2.30 bits per heavy atom. The molecule has 2 amide bonds. The number of carbonyl (C=O) groups excluding carboxylic acids is 1. The largest absolute Gasteiger partial charge is 0.490 e. The highest BCUT2D eigenvalue weighted by atomic mass is 19.4. The van der Waals surface area contributed by atoms with Crippen LogP contribution < -0.4 is 21.1 Å². The number of nitriles is 1. The van der Waals surface area contributed by atoms with Gasteiger partial charge in [0, 0.05) is 31.0 Å². The van der Waals surface area contributed by atoms with E-state index < -0.39 is 12.1 Å². The van der Waals surface area contributed by atoms with Crippen LogP contribution in [-0.4, -0.2) is 52.9 Å². The van der Waals surface area contributed by atoms with Gasteiger partial charge in [0.25, 0.3) is 0 Å². The quantitative estimate of drug-likeness (QED) is 0.240. The van der Waals surface area contributed by atoms with Crippen molar-refractivity contribution in [1.29, 1.82) is 5.26 Å². The van der Waals surface area contributed by atoms with E-state index in [-0.39, 0.29) is 23.6 Å². The van der Waals surface area contributed by atoms with Gasteiger partial charge in [-0.25, -0.2) is 24.4 Å². The number of urea groups is 1. The Hall–Kier alpha value is -3.99. The molecule has 1 aromatic heterocycles. The molecule has 0 unspecified atom stereocenters. The molecule has 4 N–H and O–H groups in total. The monoisotopic (exact) mass is 527 g/mol. The molecule has 0 atom stereocenters. The van der Waals surface area contributed by atoms with E-state index in [1.807, 2.05) is 19.9 Å². The average molecular weight is 528 g/mol. The van der Waals surface area contributed by atoms with Crippen LogP contribution in [0.25, 0.3) is 0 Å². The van der Waals surface area contributed by atoms with Crippen LogP contribution in [0.15, 0.2) is 36.5 Å². The number of nitrogens with zero attached hydrogens (tertiary/aromatic N) is 5. The molecule has 0 saturated carbocycles. The zero-order valence-electron chi connectivity index (χ0n) is 20.4. The van der Waals surface area contributed by atoms with Gasteiger partial charge in [0.1, 0.15) is 11.9 Å². The number of hydrogen-bond donors (Lipinski definition) is 3. The summed E-state index contributed by atoms with van der Waals surface area (Å²) >= 11 is 0. The van der Waals surface area contributed by atoms with Crippen molar-refractivity contribution in [1.82, 2.24) is 15.4 Å². The van der Waals surface area contributed by atoms with Crippen molar-refractivity contribution >= 4 is 23.5 Å². The molecule has 0 radical (unpaired) electrons. The van der Waals surface area contributed by atoms with Gasteiger partial charge in [-0.2, -0.15) is 23.4 Å². The number of nitrogens with two attached hydrogens (primary N) is 1. The van der Waals surface area contributed by atoms with Crippen molar-refractivity contribution in [2.24, 2.45) is 11.7 Å². The molecule has 0 fully saturated rings. The van der Waals surface area contributed by atoms with Crippen LogP contribution in [0.4, 0.5) is 33.9 Å². The highest BCUT2D eigenvalue weighted by Crippen LogP contribution is 2.18. The number of hydrazine groups is 1. The van der Waals surface area contributed by atoms with E-state index in [1.54, 1.807) is 28.1 Å². The molecule has 2 aromatic rings. The lowest BCUT2D eigenvalue weighted by Gasteiger charge is -2.30. The van der Waals surface area contributed by atoms with Crippen LogP contribution in [0.5, 0.6) is 0 Å². The van der Waals surface area contributed by atoms with Crippen LogP contribution in [0.2, 0.25) is 0 Å². The molecule has 0 spiro atoms. The zero-order chi connectivity index (χ0) is 28.0. The Labute approximate surface area is 211 Å². The maximum atomic E-state index is 13.4. The van der Waals surface area contributed by atoms with Crippen LogP contribution >= 0.6 is 0 Å². The Morgan fingerprint density at radius 2 is 1.78 bits per heavy atom. The van der Waals surface area contributed by atoms with Crippen molar-refractivity contribution in [2.45, 2.75) is 39.3 Å². The van der Waals surface area contributed by atoms with Gasteiger partial charge in [-0.3, -0.25) is 9.91 Å². The number of anilines is 2. The van der Waals surface area contributed by atoms with Gasteiger partial charge in [0.15, 0.2) is 5.82 Å². The van der Waals surface area contributed by atoms with Gasteiger partial charge in [0.2, 0.25) is 5.82 Å². The second-order valence-corrected chi connectivity index (χ2v) is 8.05. The average Bonchev–Trinajstić information content (AvgIpc) is 2.84. The molecule has 14 heteroatoms. The number of alkyl halides is 3. The topological polar surface area (TPSA) is 148 Å². The van der Waals surface area contributed by atoms with E-state index in [0.717, 1.165) is 19.3 Å². The summed E-state index contributed by atoms with van der Waals surface area (Å²) in [4.78, 5) is 31.7. The fourth-order valence-electron chi connectivity index (χ4n) is 2.85. The zero-order valence-corrected chi connectivity index (χ0v) is 20.4. The summed E-state index contributed by atoms with van der Waals surface area (Å²) in [5, 5.41) is 17.8. The molecule has 37 heavy (non-hydrogen) atoms. The maximum absolute atomic E-state index is 13.4. The minimum Gasteiger partial charge on any atom is -0.475 e. The lowest BCUT2D eigenvalue weighted by molar-refractivity contribution is -0.192. The minimum atomic E-state index is -5.08. The normalized spacial score (nSPS) is 10.7. The van der Waals surface area contributed by atoms with Crippen molar-refractivity contribution < 1.29 is 32.3 Å². The molecule has 0 aliphatic heterocycles. The number of amides is 2. The number of aliphatic carboxylic acids is 1. The van der Waals surface area contributed by atoms with Gasteiger partial charge in [-0.1, -0.05) is 20.3 Å². The third-order valence-corrected chi connectivity index (χ3v) is 4.51. The second-order valence-electron chi connectivity index (χ2n) is 8.05. The van der Waals surface area contributed by atoms with Crippen LogP contribution in [-0.2, 0) is 4.79 Å². The number of nitrogens with one attached hydrogen (secondary N) is 1. The third-order valence-electron chi connectivity index (χ3n) is 4.51. The molecule has 1 aromatic carbocycles. The lowest BCUT2D eigenvalue weighted by atomic mass is 10.2. The summed E-state index contributed by atoms with van der Waals surface area (Å²) in [6, 6.07) is 8.96. The SMILES string of the molecule is CC(C)CN(NC(=O)N(CCCCCN)c1ccc(F)cc1)c1ccnc(C#N)n1.O=C(O)C(F)(F)F. The number of rotatable bonds is 10. The summed E-state index contributed by atoms with van der Waals surface area (Å²) in [7, 11) is 0. The second kappa shape index (κ2) is 15.2. The van der Waals surface area contributed by atoms with E-state index in [1.165, 1.54) is 18.3 Å². The minimum absolute atomic E-state index is 0.0210. The van der Waals surface area contributed by atoms with E-state index >= 15 is 0 Å². The number of carboxylic acid groups (broad SMARTS) is 1. The first-order chi connectivity index (χ1) is 17.4. The molecule has 1 heterocycles. The van der Waals surface area contributed by atoms with E-state index in [2.05, 4.69) is 15.4 Å². The standard InChI is InChI=1S/C21H28FN7O.C2HF3O2/c1-16(2)15-29(20-10-12-25-19(14-24)26-20)27-21(30)28(13-5-3-4-11-23)18-8-6-17(22)7-9-18;3-2(4,5)1(6)7/h6-10,12,16H,3-5,11,13,15,23H2,1-2H3,(H,27,30);(H,6,7). The Kier molecular flexibility index (Phi) is 12.7. The van der Waals surface area contributed by atoms with Gasteiger partial charge in [-0.15, -0.1) is 0 Å². The van der Waals surface area contributed by atoms with Crippen molar-refractivity contribution in [2.75, 3.05) is 29.5 Å². The number of carbonyl (C=O) groups is 2.